The van der Waals surface area contributed by atoms with Gasteiger partial charge < -0.3 is 20.3 Å². The number of benzene rings is 2. The van der Waals surface area contributed by atoms with Crippen LogP contribution in [-0.2, 0) is 28.7 Å². The molecule has 0 bridgehead atoms. The summed E-state index contributed by atoms with van der Waals surface area (Å²) in [6, 6.07) is 15.0. The summed E-state index contributed by atoms with van der Waals surface area (Å²) < 4.78 is 44.8. The predicted molar refractivity (Wildman–Crippen MR) is 141 cm³/mol. The topological polar surface area (TPSA) is 66.5 Å². The number of alkyl halides is 3. The second-order valence-corrected chi connectivity index (χ2v) is 9.81. The highest BCUT2D eigenvalue weighted by Crippen LogP contribution is 2.39. The highest BCUT2D eigenvalue weighted by atomic mass is 19.4. The van der Waals surface area contributed by atoms with Crippen molar-refractivity contribution in [2.75, 3.05) is 36.5 Å². The van der Waals surface area contributed by atoms with Gasteiger partial charge in [-0.25, -0.2) is 0 Å². The molecule has 2 aromatic carbocycles. The van der Waals surface area contributed by atoms with E-state index in [4.69, 9.17) is 4.74 Å². The number of carbonyl (C=O) groups excluding carboxylic acids is 1. The molecule has 3 aromatic rings. The summed E-state index contributed by atoms with van der Waals surface area (Å²) in [6.07, 6.45) is -2.62. The van der Waals surface area contributed by atoms with Gasteiger partial charge in [-0.3, -0.25) is 9.78 Å². The standard InChI is InChI=1S/C29H31F3N4O2/c1-3-33-28(37)24-13-21-6-5-20(14-25(21)36-10-11-38-17-26(24)36)23-15-22(7-4-18(23)2)35-16-19-8-9-34-27(12-19)29(30,31)32/h4-9,12,14-15,24,26,35H,3,10-11,13,16-17H2,1-2H3,(H,33,37)/t24-,26+/m0/s1. The number of aromatic nitrogens is 1. The van der Waals surface area contributed by atoms with E-state index in [-0.39, 0.29) is 24.4 Å². The van der Waals surface area contributed by atoms with Gasteiger partial charge in [-0.1, -0.05) is 18.2 Å². The Balaban J connectivity index is 1.40. The molecule has 0 radical (unpaired) electrons. The largest absolute Gasteiger partial charge is 0.433 e. The van der Waals surface area contributed by atoms with Gasteiger partial charge in [-0.2, -0.15) is 13.2 Å². The van der Waals surface area contributed by atoms with Crippen molar-refractivity contribution < 1.29 is 22.7 Å². The number of nitrogens with zero attached hydrogens (tertiary/aromatic N) is 2. The molecule has 5 rings (SSSR count). The van der Waals surface area contributed by atoms with Crippen molar-refractivity contribution >= 4 is 17.3 Å². The molecule has 3 heterocycles. The molecule has 2 atom stereocenters. The number of nitrogens with one attached hydrogen (secondary N) is 2. The summed E-state index contributed by atoms with van der Waals surface area (Å²) in [5, 5.41) is 6.23. The predicted octanol–water partition coefficient (Wildman–Crippen LogP) is 5.20. The fraction of sp³-hybridized carbons (Fsp3) is 0.379. The molecule has 38 heavy (non-hydrogen) atoms. The lowest BCUT2D eigenvalue weighted by Crippen LogP contribution is -2.56. The van der Waals surface area contributed by atoms with Crippen molar-refractivity contribution in [1.29, 1.82) is 0 Å². The van der Waals surface area contributed by atoms with Crippen LogP contribution in [0.2, 0.25) is 0 Å². The number of carbonyl (C=O) groups is 1. The molecule has 0 saturated carbocycles. The molecule has 0 unspecified atom stereocenters. The van der Waals surface area contributed by atoms with Crippen LogP contribution >= 0.6 is 0 Å². The van der Waals surface area contributed by atoms with Crippen molar-refractivity contribution in [3.8, 4) is 11.1 Å². The lowest BCUT2D eigenvalue weighted by atomic mass is 9.83. The van der Waals surface area contributed by atoms with Crippen LogP contribution in [0.15, 0.2) is 54.7 Å². The number of fused-ring (bicyclic) bond motifs is 3. The monoisotopic (exact) mass is 524 g/mol. The van der Waals surface area contributed by atoms with E-state index in [1.165, 1.54) is 6.20 Å². The Morgan fingerprint density at radius 2 is 2.00 bits per heavy atom. The molecule has 1 aromatic heterocycles. The minimum atomic E-state index is -4.47. The molecule has 6 nitrogen and oxygen atoms in total. The molecule has 2 aliphatic rings. The Kier molecular flexibility index (Phi) is 7.29. The molecule has 2 aliphatic heterocycles. The van der Waals surface area contributed by atoms with Crippen LogP contribution in [0.25, 0.3) is 11.1 Å². The molecule has 0 aliphatic carbocycles. The van der Waals surface area contributed by atoms with Gasteiger partial charge in [0, 0.05) is 37.2 Å². The van der Waals surface area contributed by atoms with Gasteiger partial charge in [0.15, 0.2) is 0 Å². The fourth-order valence-electron chi connectivity index (χ4n) is 5.36. The molecule has 1 saturated heterocycles. The van der Waals surface area contributed by atoms with Crippen molar-refractivity contribution in [3.05, 3.63) is 77.1 Å². The Morgan fingerprint density at radius 1 is 1.16 bits per heavy atom. The van der Waals surface area contributed by atoms with E-state index in [1.807, 2.05) is 32.0 Å². The zero-order valence-corrected chi connectivity index (χ0v) is 21.4. The van der Waals surface area contributed by atoms with Crippen molar-refractivity contribution in [2.24, 2.45) is 5.92 Å². The lowest BCUT2D eigenvalue weighted by molar-refractivity contribution is -0.141. The Bertz CT molecular complexity index is 1330. The molecule has 9 heteroatoms. The van der Waals surface area contributed by atoms with E-state index in [1.54, 1.807) is 6.07 Å². The maximum Gasteiger partial charge on any atom is 0.433 e. The number of anilines is 2. The molecule has 1 fully saturated rings. The Labute approximate surface area is 220 Å². The van der Waals surface area contributed by atoms with Crippen LogP contribution in [0.1, 0.15) is 29.3 Å². The van der Waals surface area contributed by atoms with Crippen LogP contribution in [0, 0.1) is 12.8 Å². The van der Waals surface area contributed by atoms with Crippen molar-refractivity contribution in [1.82, 2.24) is 10.3 Å². The summed E-state index contributed by atoms with van der Waals surface area (Å²) in [4.78, 5) is 18.5. The molecule has 2 N–H and O–H groups in total. The number of pyridine rings is 1. The van der Waals surface area contributed by atoms with E-state index in [9.17, 15) is 18.0 Å². The Hall–Kier alpha value is -3.59. The molecule has 200 valence electrons. The highest BCUT2D eigenvalue weighted by molar-refractivity contribution is 5.83. The van der Waals surface area contributed by atoms with Gasteiger partial charge in [0.25, 0.3) is 0 Å². The van der Waals surface area contributed by atoms with Gasteiger partial charge >= 0.3 is 6.18 Å². The third kappa shape index (κ3) is 5.34. The number of halogens is 3. The second-order valence-electron chi connectivity index (χ2n) is 9.81. The normalized spacial score (nSPS) is 18.9. The quantitative estimate of drug-likeness (QED) is 0.464. The number of hydrogen-bond donors (Lipinski definition) is 2. The molecular formula is C29H31F3N4O2. The first-order chi connectivity index (χ1) is 18.2. The van der Waals surface area contributed by atoms with Crippen molar-refractivity contribution in [3.63, 3.8) is 0 Å². The van der Waals surface area contributed by atoms with Gasteiger partial charge in [-0.05, 0) is 78.4 Å². The fourth-order valence-corrected chi connectivity index (χ4v) is 5.36. The van der Waals surface area contributed by atoms with Crippen LogP contribution < -0.4 is 15.5 Å². The summed E-state index contributed by atoms with van der Waals surface area (Å²) in [6.45, 7) is 6.68. The third-order valence-corrected chi connectivity index (χ3v) is 7.31. The first kappa shape index (κ1) is 26.0. The van der Waals surface area contributed by atoms with E-state index < -0.39 is 11.9 Å². The first-order valence-corrected chi connectivity index (χ1v) is 12.9. The van der Waals surface area contributed by atoms with Crippen LogP contribution in [0.5, 0.6) is 0 Å². The van der Waals surface area contributed by atoms with Gasteiger partial charge in [0.05, 0.1) is 25.2 Å². The lowest BCUT2D eigenvalue weighted by Gasteiger charge is -2.45. The first-order valence-electron chi connectivity index (χ1n) is 12.9. The van der Waals surface area contributed by atoms with E-state index in [0.29, 0.717) is 31.7 Å². The van der Waals surface area contributed by atoms with Crippen LogP contribution in [0.4, 0.5) is 24.5 Å². The van der Waals surface area contributed by atoms with E-state index in [2.05, 4.69) is 38.7 Å². The second kappa shape index (κ2) is 10.6. The van der Waals surface area contributed by atoms with Crippen LogP contribution in [-0.4, -0.2) is 43.2 Å². The Morgan fingerprint density at radius 3 is 2.79 bits per heavy atom. The number of ether oxygens (including phenoxy) is 1. The number of aryl methyl sites for hydroxylation is 1. The van der Waals surface area contributed by atoms with E-state index in [0.717, 1.165) is 46.2 Å². The highest BCUT2D eigenvalue weighted by Gasteiger charge is 2.40. The minimum Gasteiger partial charge on any atom is -0.381 e. The van der Waals surface area contributed by atoms with Crippen LogP contribution in [0.3, 0.4) is 0 Å². The SMILES string of the molecule is CCNC(=O)[C@H]1Cc2ccc(-c3cc(NCc4ccnc(C(F)(F)F)c4)ccc3C)cc2N2CCOC[C@H]12. The summed E-state index contributed by atoms with van der Waals surface area (Å²) in [5.41, 5.74) is 5.88. The zero-order chi connectivity index (χ0) is 26.9. The maximum atomic E-state index is 13.0. The van der Waals surface area contributed by atoms with Gasteiger partial charge in [-0.15, -0.1) is 0 Å². The zero-order valence-electron chi connectivity index (χ0n) is 21.4. The molecule has 0 spiro atoms. The summed E-state index contributed by atoms with van der Waals surface area (Å²) in [5.74, 6) is -0.0946. The summed E-state index contributed by atoms with van der Waals surface area (Å²) >= 11 is 0. The number of hydrogen-bond acceptors (Lipinski definition) is 5. The molecule has 1 amide bonds. The number of morpholine rings is 1. The summed E-state index contributed by atoms with van der Waals surface area (Å²) in [7, 11) is 0. The molecular weight excluding hydrogens is 493 g/mol. The number of amides is 1. The van der Waals surface area contributed by atoms with Gasteiger partial charge in [0.2, 0.25) is 5.91 Å². The number of rotatable bonds is 6. The van der Waals surface area contributed by atoms with Gasteiger partial charge in [0.1, 0.15) is 5.69 Å². The van der Waals surface area contributed by atoms with E-state index >= 15 is 0 Å². The third-order valence-electron chi connectivity index (χ3n) is 7.31. The van der Waals surface area contributed by atoms with Crippen molar-refractivity contribution in [2.45, 2.75) is 39.0 Å². The maximum absolute atomic E-state index is 13.0. The average molecular weight is 525 g/mol. The minimum absolute atomic E-state index is 0.00546. The average Bonchev–Trinajstić information content (AvgIpc) is 2.91. The smallest absolute Gasteiger partial charge is 0.381 e.